The predicted octanol–water partition coefficient (Wildman–Crippen LogP) is 6.04. The van der Waals surface area contributed by atoms with Gasteiger partial charge in [0.15, 0.2) is 0 Å². The molecule has 160 valence electrons. The second-order valence-electron chi connectivity index (χ2n) is 7.41. The minimum absolute atomic E-state index is 0.0665. The van der Waals surface area contributed by atoms with Gasteiger partial charge in [-0.25, -0.2) is 0 Å². The Balaban J connectivity index is 1.62. The number of hydrogen-bond acceptors (Lipinski definition) is 4. The average Bonchev–Trinajstić information content (AvgIpc) is 3.45. The summed E-state index contributed by atoms with van der Waals surface area (Å²) >= 11 is -0.120. The van der Waals surface area contributed by atoms with Gasteiger partial charge in [-0.1, -0.05) is 0 Å². The summed E-state index contributed by atoms with van der Waals surface area (Å²) in [5.41, 5.74) is 2.93. The third-order valence-corrected chi connectivity index (χ3v) is 7.56. The van der Waals surface area contributed by atoms with Crippen molar-refractivity contribution in [1.82, 2.24) is 4.98 Å². The molecule has 2 aromatic carbocycles. The SMILES string of the molecule is [C-]#[N+]/C(C#N)=C1\C(=C/c2ccc(N(c3ccccc3)c3ccccn3)[se]2)C(=O)c2ccccc21. The van der Waals surface area contributed by atoms with Gasteiger partial charge in [-0.2, -0.15) is 0 Å². The number of pyridine rings is 1. The number of nitriles is 1. The third-order valence-electron chi connectivity index (χ3n) is 5.42. The Hall–Kier alpha value is -4.48. The number of ketones is 1. The second kappa shape index (κ2) is 9.17. The number of rotatable bonds is 4. The zero-order valence-corrected chi connectivity index (χ0v) is 19.6. The summed E-state index contributed by atoms with van der Waals surface area (Å²) in [6, 6.07) is 29.0. The van der Waals surface area contributed by atoms with Gasteiger partial charge in [-0.3, -0.25) is 0 Å². The van der Waals surface area contributed by atoms with Gasteiger partial charge in [0.1, 0.15) is 0 Å². The summed E-state index contributed by atoms with van der Waals surface area (Å²) in [4.78, 5) is 23.3. The topological polar surface area (TPSA) is 61.4 Å². The first-order valence-electron chi connectivity index (χ1n) is 10.5. The molecule has 0 fully saturated rings. The molecule has 0 N–H and O–H groups in total. The Morgan fingerprint density at radius 2 is 1.71 bits per heavy atom. The molecule has 1 aliphatic rings. The number of nitrogens with zero attached hydrogens (tertiary/aromatic N) is 4. The summed E-state index contributed by atoms with van der Waals surface area (Å²) in [6.45, 7) is 7.46. The number of hydrogen-bond donors (Lipinski definition) is 0. The van der Waals surface area contributed by atoms with Crippen molar-refractivity contribution < 1.29 is 4.79 Å². The molecule has 2 heterocycles. The van der Waals surface area contributed by atoms with E-state index in [1.54, 1.807) is 24.4 Å². The number of allylic oxidation sites excluding steroid dienone is 3. The van der Waals surface area contributed by atoms with E-state index in [9.17, 15) is 10.1 Å². The molecular weight excluding hydrogens is 487 g/mol. The number of para-hydroxylation sites is 1. The van der Waals surface area contributed by atoms with Crippen molar-refractivity contribution in [2.75, 3.05) is 4.90 Å². The fourth-order valence-electron chi connectivity index (χ4n) is 3.95. The van der Waals surface area contributed by atoms with Gasteiger partial charge in [0.2, 0.25) is 0 Å². The minimum atomic E-state index is -0.156. The quantitative estimate of drug-likeness (QED) is 0.147. The normalized spacial score (nSPS) is 14.9. The van der Waals surface area contributed by atoms with E-state index in [-0.39, 0.29) is 26.0 Å². The van der Waals surface area contributed by atoms with Gasteiger partial charge in [-0.15, -0.1) is 0 Å². The fourth-order valence-corrected chi connectivity index (χ4v) is 6.01. The second-order valence-corrected chi connectivity index (χ2v) is 9.71. The number of benzene rings is 2. The molecule has 1 aliphatic carbocycles. The number of fused-ring (bicyclic) bond motifs is 1. The maximum absolute atomic E-state index is 13.2. The monoisotopic (exact) mass is 504 g/mol. The molecule has 0 spiro atoms. The van der Waals surface area contributed by atoms with Crippen LogP contribution in [0.1, 0.15) is 20.4 Å². The van der Waals surface area contributed by atoms with Crippen LogP contribution >= 0.6 is 0 Å². The fraction of sp³-hybridized carbons (Fsp3) is 0. The number of aromatic nitrogens is 1. The van der Waals surface area contributed by atoms with Gasteiger partial charge < -0.3 is 0 Å². The molecule has 6 heteroatoms. The van der Waals surface area contributed by atoms with Crippen LogP contribution in [0.4, 0.5) is 16.1 Å². The Morgan fingerprint density at radius 1 is 0.971 bits per heavy atom. The van der Waals surface area contributed by atoms with Gasteiger partial charge in [0.05, 0.1) is 0 Å². The zero-order valence-electron chi connectivity index (χ0n) is 17.8. The molecule has 0 radical (unpaired) electrons. The summed E-state index contributed by atoms with van der Waals surface area (Å²) < 4.78 is 2.05. The van der Waals surface area contributed by atoms with Crippen molar-refractivity contribution in [1.29, 1.82) is 5.26 Å². The predicted molar refractivity (Wildman–Crippen MR) is 134 cm³/mol. The molecule has 0 saturated carbocycles. The third kappa shape index (κ3) is 3.78. The molecule has 4 aromatic rings. The molecule has 2 aromatic heterocycles. The van der Waals surface area contributed by atoms with E-state index in [0.29, 0.717) is 22.3 Å². The first-order valence-corrected chi connectivity index (χ1v) is 12.2. The average molecular weight is 503 g/mol. The first-order chi connectivity index (χ1) is 16.7. The number of Topliss-reactive ketones (excluding diaryl/α,β-unsaturated/α-hetero) is 1. The van der Waals surface area contributed by atoms with Crippen molar-refractivity contribution in [3.8, 4) is 6.07 Å². The molecule has 34 heavy (non-hydrogen) atoms. The van der Waals surface area contributed by atoms with Crippen LogP contribution in [0, 0.1) is 17.9 Å². The van der Waals surface area contributed by atoms with Crippen LogP contribution in [0.3, 0.4) is 0 Å². The first kappa shape index (κ1) is 21.4. The Bertz CT molecular complexity index is 1480. The van der Waals surface area contributed by atoms with Crippen LogP contribution in [0.15, 0.2) is 102 Å². The van der Waals surface area contributed by atoms with Crippen LogP contribution in [-0.4, -0.2) is 25.3 Å². The van der Waals surface area contributed by atoms with Crippen molar-refractivity contribution in [3.63, 3.8) is 0 Å². The molecule has 0 unspecified atom stereocenters. The van der Waals surface area contributed by atoms with E-state index < -0.39 is 0 Å². The molecule has 5 rings (SSSR count). The van der Waals surface area contributed by atoms with Crippen LogP contribution in [0.2, 0.25) is 0 Å². The van der Waals surface area contributed by atoms with Gasteiger partial charge in [-0.05, 0) is 0 Å². The van der Waals surface area contributed by atoms with E-state index in [1.165, 1.54) is 0 Å². The Labute approximate surface area is 203 Å². The van der Waals surface area contributed by atoms with E-state index >= 15 is 0 Å². The van der Waals surface area contributed by atoms with Crippen molar-refractivity contribution in [2.24, 2.45) is 0 Å². The number of carbonyl (C=O) groups excluding carboxylic acids is 1. The summed E-state index contributed by atoms with van der Waals surface area (Å²) in [6.07, 6.45) is 3.61. The molecule has 0 saturated heterocycles. The standard InChI is InChI=1S/C28H16N4OSe/c1-30-24(18-29)27-21-11-5-6-12-22(21)28(33)23(27)17-20-14-15-26(34-20)32(19-9-3-2-4-10-19)25-13-7-8-16-31-25/h2-17H/b23-17+,27-24-. The molecule has 0 aliphatic heterocycles. The van der Waals surface area contributed by atoms with Gasteiger partial charge >= 0.3 is 203 Å². The molecule has 0 atom stereocenters. The van der Waals surface area contributed by atoms with Crippen LogP contribution < -0.4 is 4.90 Å². The summed E-state index contributed by atoms with van der Waals surface area (Å²) in [7, 11) is 0. The van der Waals surface area contributed by atoms with Gasteiger partial charge in [0, 0.05) is 0 Å². The van der Waals surface area contributed by atoms with E-state index in [1.807, 2.05) is 78.9 Å². The van der Waals surface area contributed by atoms with Gasteiger partial charge in [0.25, 0.3) is 0 Å². The zero-order chi connectivity index (χ0) is 23.5. The van der Waals surface area contributed by atoms with Crippen LogP contribution in [-0.2, 0) is 0 Å². The van der Waals surface area contributed by atoms with Crippen molar-refractivity contribution in [2.45, 2.75) is 0 Å². The van der Waals surface area contributed by atoms with Crippen molar-refractivity contribution in [3.05, 3.63) is 129 Å². The van der Waals surface area contributed by atoms with Crippen LogP contribution in [0.5, 0.6) is 0 Å². The summed E-state index contributed by atoms with van der Waals surface area (Å²) in [5, 5.41) is 9.55. The molecule has 5 nitrogen and oxygen atoms in total. The Morgan fingerprint density at radius 3 is 2.41 bits per heavy atom. The maximum atomic E-state index is 13.2. The van der Waals surface area contributed by atoms with Crippen molar-refractivity contribution >= 4 is 48.0 Å². The Kier molecular flexibility index (Phi) is 5.77. The van der Waals surface area contributed by atoms with E-state index in [4.69, 9.17) is 6.57 Å². The number of anilines is 3. The van der Waals surface area contributed by atoms with E-state index in [2.05, 4.69) is 14.7 Å². The van der Waals surface area contributed by atoms with Crippen LogP contribution in [0.25, 0.3) is 16.5 Å². The van der Waals surface area contributed by atoms with E-state index in [0.717, 1.165) is 20.5 Å². The molecule has 0 amide bonds. The summed E-state index contributed by atoms with van der Waals surface area (Å²) in [5.74, 6) is 0.658. The number of carbonyl (C=O) groups is 1. The molecule has 0 bridgehead atoms. The molecular formula is C28H16N4OSe.